The van der Waals surface area contributed by atoms with Crippen LogP contribution >= 0.6 is 11.6 Å². The normalized spacial score (nSPS) is 15.8. The molecule has 1 aliphatic rings. The Morgan fingerprint density at radius 1 is 1.20 bits per heavy atom. The summed E-state index contributed by atoms with van der Waals surface area (Å²) in [5, 5.41) is 4.25. The molecule has 1 aromatic heterocycles. The molecule has 0 atom stereocenters. The molecule has 5 heteroatoms. The van der Waals surface area contributed by atoms with Crippen molar-refractivity contribution in [1.82, 2.24) is 9.78 Å². The van der Waals surface area contributed by atoms with Gasteiger partial charge >= 0.3 is 0 Å². The molecule has 1 aliphatic carbocycles. The molecular weight excluding hydrogens is 276 g/mol. The van der Waals surface area contributed by atoms with E-state index >= 15 is 0 Å². The summed E-state index contributed by atoms with van der Waals surface area (Å²) in [6, 6.07) is 12.6. The maximum atomic E-state index is 12.0. The minimum Gasteiger partial charge on any atom is -0.296 e. The van der Waals surface area contributed by atoms with E-state index in [1.807, 2.05) is 30.3 Å². The van der Waals surface area contributed by atoms with Gasteiger partial charge in [-0.25, -0.2) is 4.68 Å². The number of ketones is 1. The van der Waals surface area contributed by atoms with E-state index in [0.29, 0.717) is 18.5 Å². The highest BCUT2D eigenvalue weighted by Crippen LogP contribution is 2.43. The number of Topliss-reactive ketones (excluding diaryl/α,β-unsaturated/α-hetero) is 1. The van der Waals surface area contributed by atoms with Gasteiger partial charge in [0.05, 0.1) is 5.69 Å². The van der Waals surface area contributed by atoms with Crippen LogP contribution in [0, 0.1) is 0 Å². The maximum Gasteiger partial charge on any atom is 0.267 e. The molecule has 1 fully saturated rings. The van der Waals surface area contributed by atoms with Crippen LogP contribution < -0.4 is 5.56 Å². The van der Waals surface area contributed by atoms with E-state index in [4.69, 9.17) is 11.6 Å². The van der Waals surface area contributed by atoms with Crippen LogP contribution in [0.2, 0.25) is 0 Å². The highest BCUT2D eigenvalue weighted by molar-refractivity contribution is 6.37. The van der Waals surface area contributed by atoms with Gasteiger partial charge in [-0.2, -0.15) is 5.10 Å². The SMILES string of the molecule is O=C(Cn1nc(-c2ccccc2)ccc1=O)C1(Cl)CC1. The van der Waals surface area contributed by atoms with Crippen LogP contribution in [0.15, 0.2) is 47.3 Å². The second-order valence-corrected chi connectivity index (χ2v) is 5.69. The minimum atomic E-state index is -0.760. The molecular formula is C15H13ClN2O2. The van der Waals surface area contributed by atoms with Crippen LogP contribution in [0.1, 0.15) is 12.8 Å². The standard InChI is InChI=1S/C15H13ClN2O2/c16-15(8-9-15)13(19)10-18-14(20)7-6-12(17-18)11-4-2-1-3-5-11/h1-7H,8-10H2. The van der Waals surface area contributed by atoms with Gasteiger partial charge in [-0.15, -0.1) is 11.6 Å². The van der Waals surface area contributed by atoms with E-state index in [9.17, 15) is 9.59 Å². The fraction of sp³-hybridized carbons (Fsp3) is 0.267. The van der Waals surface area contributed by atoms with Gasteiger partial charge < -0.3 is 0 Å². The molecule has 1 heterocycles. The van der Waals surface area contributed by atoms with Crippen LogP contribution in [0.5, 0.6) is 0 Å². The van der Waals surface area contributed by atoms with Crippen LogP contribution in [-0.4, -0.2) is 20.4 Å². The van der Waals surface area contributed by atoms with E-state index in [0.717, 1.165) is 5.56 Å². The van der Waals surface area contributed by atoms with E-state index < -0.39 is 4.87 Å². The molecule has 0 spiro atoms. The summed E-state index contributed by atoms with van der Waals surface area (Å²) in [4.78, 5) is 23.0. The molecule has 0 unspecified atom stereocenters. The molecule has 2 aromatic rings. The van der Waals surface area contributed by atoms with E-state index in [-0.39, 0.29) is 17.9 Å². The minimum absolute atomic E-state index is 0.0665. The Morgan fingerprint density at radius 3 is 2.55 bits per heavy atom. The number of halogens is 1. The Morgan fingerprint density at radius 2 is 1.90 bits per heavy atom. The molecule has 20 heavy (non-hydrogen) atoms. The summed E-state index contributed by atoms with van der Waals surface area (Å²) in [6.07, 6.45) is 1.36. The van der Waals surface area contributed by atoms with Crippen molar-refractivity contribution in [3.05, 3.63) is 52.8 Å². The fourth-order valence-corrected chi connectivity index (χ4v) is 2.15. The number of aromatic nitrogens is 2. The predicted octanol–water partition coefficient (Wildman–Crippen LogP) is 2.25. The van der Waals surface area contributed by atoms with E-state index in [1.54, 1.807) is 6.07 Å². The van der Waals surface area contributed by atoms with Gasteiger partial charge in [0.1, 0.15) is 11.4 Å². The number of hydrogen-bond donors (Lipinski definition) is 0. The van der Waals surface area contributed by atoms with Crippen LogP contribution in [0.25, 0.3) is 11.3 Å². The molecule has 3 rings (SSSR count). The first-order valence-corrected chi connectivity index (χ1v) is 6.82. The summed E-state index contributed by atoms with van der Waals surface area (Å²) in [5.41, 5.74) is 1.28. The lowest BCUT2D eigenvalue weighted by Gasteiger charge is -2.08. The largest absolute Gasteiger partial charge is 0.296 e. The van der Waals surface area contributed by atoms with Crippen LogP contribution in [0.4, 0.5) is 0 Å². The average molecular weight is 289 g/mol. The first-order valence-electron chi connectivity index (χ1n) is 6.44. The lowest BCUT2D eigenvalue weighted by Crippen LogP contribution is -2.30. The quantitative estimate of drug-likeness (QED) is 0.811. The number of alkyl halides is 1. The number of hydrogen-bond acceptors (Lipinski definition) is 3. The van der Waals surface area contributed by atoms with Gasteiger partial charge in [-0.1, -0.05) is 30.3 Å². The predicted molar refractivity (Wildman–Crippen MR) is 76.8 cm³/mol. The third-order valence-electron chi connectivity index (χ3n) is 3.42. The number of benzene rings is 1. The molecule has 1 aromatic carbocycles. The Bertz CT molecular complexity index is 705. The van der Waals surface area contributed by atoms with Crippen molar-refractivity contribution in [1.29, 1.82) is 0 Å². The number of rotatable bonds is 4. The lowest BCUT2D eigenvalue weighted by molar-refractivity contribution is -0.120. The smallest absolute Gasteiger partial charge is 0.267 e. The Balaban J connectivity index is 1.91. The molecule has 0 saturated heterocycles. The van der Waals surface area contributed by atoms with Crippen molar-refractivity contribution in [2.75, 3.05) is 0 Å². The number of nitrogens with zero attached hydrogens (tertiary/aromatic N) is 2. The highest BCUT2D eigenvalue weighted by atomic mass is 35.5. The van der Waals surface area contributed by atoms with Gasteiger partial charge in [0.2, 0.25) is 0 Å². The highest BCUT2D eigenvalue weighted by Gasteiger charge is 2.47. The molecule has 102 valence electrons. The zero-order valence-electron chi connectivity index (χ0n) is 10.8. The topological polar surface area (TPSA) is 52.0 Å². The second kappa shape index (κ2) is 4.87. The zero-order chi connectivity index (χ0) is 14.2. The van der Waals surface area contributed by atoms with Gasteiger partial charge in [-0.05, 0) is 18.9 Å². The van der Waals surface area contributed by atoms with E-state index in [1.165, 1.54) is 10.7 Å². The summed E-state index contributed by atoms with van der Waals surface area (Å²) >= 11 is 6.06. The first kappa shape index (κ1) is 13.1. The maximum absolute atomic E-state index is 12.0. The van der Waals surface area contributed by atoms with Gasteiger partial charge in [-0.3, -0.25) is 9.59 Å². The third kappa shape index (κ3) is 2.51. The summed E-state index contributed by atoms with van der Waals surface area (Å²) in [5.74, 6) is -0.140. The Hall–Kier alpha value is -1.94. The van der Waals surface area contributed by atoms with Crippen molar-refractivity contribution in [2.45, 2.75) is 24.3 Å². The first-order chi connectivity index (χ1) is 9.58. The summed E-state index contributed by atoms with van der Waals surface area (Å²) in [6.45, 7) is -0.0665. The van der Waals surface area contributed by atoms with Crippen LogP contribution in [0.3, 0.4) is 0 Å². The van der Waals surface area contributed by atoms with Crippen molar-refractivity contribution in [3.8, 4) is 11.3 Å². The molecule has 0 bridgehead atoms. The van der Waals surface area contributed by atoms with Crippen molar-refractivity contribution in [3.63, 3.8) is 0 Å². The molecule has 0 amide bonds. The Kier molecular flexibility index (Phi) is 3.18. The fourth-order valence-electron chi connectivity index (χ4n) is 1.99. The molecule has 1 saturated carbocycles. The van der Waals surface area contributed by atoms with Gasteiger partial charge in [0.25, 0.3) is 5.56 Å². The molecule has 0 radical (unpaired) electrons. The van der Waals surface area contributed by atoms with Gasteiger partial charge in [0.15, 0.2) is 5.78 Å². The zero-order valence-corrected chi connectivity index (χ0v) is 11.5. The van der Waals surface area contributed by atoms with Crippen molar-refractivity contribution >= 4 is 17.4 Å². The number of carbonyl (C=O) groups is 1. The molecule has 0 aliphatic heterocycles. The molecule has 4 nitrogen and oxygen atoms in total. The number of carbonyl (C=O) groups excluding carboxylic acids is 1. The molecule has 0 N–H and O–H groups in total. The lowest BCUT2D eigenvalue weighted by atomic mass is 10.1. The third-order valence-corrected chi connectivity index (χ3v) is 4.01. The summed E-state index contributed by atoms with van der Waals surface area (Å²) < 4.78 is 1.19. The average Bonchev–Trinajstić information content (AvgIpc) is 3.21. The van der Waals surface area contributed by atoms with Gasteiger partial charge in [0, 0.05) is 11.6 Å². The van der Waals surface area contributed by atoms with E-state index in [2.05, 4.69) is 5.10 Å². The Labute approximate surface area is 121 Å². The summed E-state index contributed by atoms with van der Waals surface area (Å²) in [7, 11) is 0. The van der Waals surface area contributed by atoms with Crippen LogP contribution in [-0.2, 0) is 11.3 Å². The van der Waals surface area contributed by atoms with Crippen molar-refractivity contribution < 1.29 is 4.79 Å². The second-order valence-electron chi connectivity index (χ2n) is 4.97. The van der Waals surface area contributed by atoms with Crippen molar-refractivity contribution in [2.24, 2.45) is 0 Å². The monoisotopic (exact) mass is 288 g/mol.